The molecule has 2 aliphatic heterocycles. The second kappa shape index (κ2) is 10.4. The lowest BCUT2D eigenvalue weighted by molar-refractivity contribution is 0.0584. The predicted octanol–water partition coefficient (Wildman–Crippen LogP) is 3.22. The third-order valence-electron chi connectivity index (χ3n) is 6.51. The van der Waals surface area contributed by atoms with Gasteiger partial charge in [-0.1, -0.05) is 18.6 Å². The van der Waals surface area contributed by atoms with Crippen LogP contribution in [0.25, 0.3) is 10.9 Å². The molecule has 0 bridgehead atoms. The number of nitrogens with zero attached hydrogens (tertiary/aromatic N) is 5. The van der Waals surface area contributed by atoms with E-state index < -0.39 is 0 Å². The fourth-order valence-corrected chi connectivity index (χ4v) is 4.78. The van der Waals surface area contributed by atoms with Gasteiger partial charge in [0.25, 0.3) is 0 Å². The lowest BCUT2D eigenvalue weighted by Gasteiger charge is -2.36. The summed E-state index contributed by atoms with van der Waals surface area (Å²) in [6, 6.07) is 6.70. The van der Waals surface area contributed by atoms with Crippen molar-refractivity contribution in [2.24, 2.45) is 0 Å². The third-order valence-corrected chi connectivity index (χ3v) is 6.51. The zero-order valence-electron chi connectivity index (χ0n) is 19.5. The molecule has 0 aliphatic carbocycles. The van der Waals surface area contributed by atoms with E-state index in [0.29, 0.717) is 25.7 Å². The van der Waals surface area contributed by atoms with Crippen molar-refractivity contribution in [1.82, 2.24) is 19.8 Å². The highest BCUT2D eigenvalue weighted by molar-refractivity contribution is 5.91. The number of piperidine rings is 1. The number of likely N-dealkylation sites (tertiary alicyclic amines) is 1. The molecule has 0 N–H and O–H groups in total. The molecule has 2 aliphatic rings. The van der Waals surface area contributed by atoms with Crippen LogP contribution < -0.4 is 4.90 Å². The molecule has 2 fully saturated rings. The lowest BCUT2D eigenvalue weighted by atomic mass is 10.0. The average molecular weight is 442 g/mol. The molecule has 1 aromatic carbocycles. The van der Waals surface area contributed by atoms with E-state index in [1.54, 1.807) is 12.0 Å². The topological polar surface area (TPSA) is 71.0 Å². The number of fused-ring (bicyclic) bond motifs is 1. The van der Waals surface area contributed by atoms with Gasteiger partial charge in [0.05, 0.1) is 25.3 Å². The molecule has 0 saturated carbocycles. The first-order valence-corrected chi connectivity index (χ1v) is 11.8. The number of benzene rings is 1. The van der Waals surface area contributed by atoms with Crippen molar-refractivity contribution < 1.29 is 14.3 Å². The number of aromatic nitrogens is 2. The van der Waals surface area contributed by atoms with Crippen molar-refractivity contribution in [2.75, 3.05) is 57.9 Å². The van der Waals surface area contributed by atoms with E-state index in [0.717, 1.165) is 67.3 Å². The third kappa shape index (κ3) is 4.96. The van der Waals surface area contributed by atoms with Crippen molar-refractivity contribution in [3.63, 3.8) is 0 Å². The largest absolute Gasteiger partial charge is 0.450 e. The normalized spacial score (nSPS) is 20.0. The summed E-state index contributed by atoms with van der Waals surface area (Å²) in [5.74, 6) is 1.83. The van der Waals surface area contributed by atoms with E-state index in [2.05, 4.69) is 34.9 Å². The van der Waals surface area contributed by atoms with Gasteiger partial charge >= 0.3 is 6.09 Å². The van der Waals surface area contributed by atoms with Crippen LogP contribution in [0.2, 0.25) is 0 Å². The Hall–Kier alpha value is -2.45. The first-order chi connectivity index (χ1) is 15.6. The Morgan fingerprint density at radius 3 is 2.69 bits per heavy atom. The minimum Gasteiger partial charge on any atom is -0.450 e. The minimum absolute atomic E-state index is 0.231. The number of aryl methyl sites for hydroxylation is 1. The van der Waals surface area contributed by atoms with Gasteiger partial charge in [-0.05, 0) is 44.9 Å². The fourth-order valence-electron chi connectivity index (χ4n) is 4.78. The second-order valence-electron chi connectivity index (χ2n) is 8.68. The van der Waals surface area contributed by atoms with E-state index in [9.17, 15) is 4.79 Å². The zero-order chi connectivity index (χ0) is 22.5. The summed E-state index contributed by atoms with van der Waals surface area (Å²) in [5, 5.41) is 1.07. The van der Waals surface area contributed by atoms with Crippen LogP contribution in [-0.2, 0) is 16.0 Å². The second-order valence-corrected chi connectivity index (χ2v) is 8.68. The van der Waals surface area contributed by atoms with Crippen LogP contribution in [0.4, 0.5) is 10.6 Å². The lowest BCUT2D eigenvalue weighted by Crippen LogP contribution is -2.49. The van der Waals surface area contributed by atoms with Crippen LogP contribution in [0, 0.1) is 6.92 Å². The number of amides is 1. The number of carbonyl (C=O) groups excluding carboxylic acids is 1. The van der Waals surface area contributed by atoms with E-state index in [1.807, 2.05) is 6.92 Å². The van der Waals surface area contributed by atoms with E-state index >= 15 is 0 Å². The Labute approximate surface area is 190 Å². The van der Waals surface area contributed by atoms with Gasteiger partial charge in [0, 0.05) is 44.7 Å². The maximum absolute atomic E-state index is 12.1. The van der Waals surface area contributed by atoms with Crippen LogP contribution in [-0.4, -0.2) is 85.0 Å². The summed E-state index contributed by atoms with van der Waals surface area (Å²) in [5.41, 5.74) is 2.17. The minimum atomic E-state index is -0.231. The molecule has 32 heavy (non-hydrogen) atoms. The number of ether oxygens (including phenoxy) is 2. The number of hydrogen-bond donors (Lipinski definition) is 0. The smallest absolute Gasteiger partial charge is 0.409 e. The number of anilines is 1. The van der Waals surface area contributed by atoms with E-state index in [1.165, 1.54) is 12.8 Å². The summed E-state index contributed by atoms with van der Waals surface area (Å²) in [7, 11) is 1.77. The van der Waals surface area contributed by atoms with Crippen molar-refractivity contribution in [3.05, 3.63) is 29.6 Å². The van der Waals surface area contributed by atoms with Gasteiger partial charge < -0.3 is 19.3 Å². The molecule has 0 unspecified atom stereocenters. The van der Waals surface area contributed by atoms with E-state index in [-0.39, 0.29) is 6.09 Å². The highest BCUT2D eigenvalue weighted by Crippen LogP contribution is 2.28. The summed E-state index contributed by atoms with van der Waals surface area (Å²) in [6.07, 6.45) is 3.38. The highest BCUT2D eigenvalue weighted by Gasteiger charge is 2.27. The number of hydrogen-bond acceptors (Lipinski definition) is 7. The van der Waals surface area contributed by atoms with E-state index in [4.69, 9.17) is 19.4 Å². The molecule has 2 saturated heterocycles. The Morgan fingerprint density at radius 2 is 1.94 bits per heavy atom. The molecular formula is C24H35N5O3. The molecule has 3 heterocycles. The van der Waals surface area contributed by atoms with Gasteiger partial charge in [-0.2, -0.15) is 0 Å². The number of para-hydroxylation sites is 1. The van der Waals surface area contributed by atoms with Crippen LogP contribution in [0.15, 0.2) is 18.2 Å². The molecular weight excluding hydrogens is 406 g/mol. The van der Waals surface area contributed by atoms with Gasteiger partial charge in [0.1, 0.15) is 11.6 Å². The van der Waals surface area contributed by atoms with Crippen molar-refractivity contribution in [1.29, 1.82) is 0 Å². The quantitative estimate of drug-likeness (QED) is 0.682. The van der Waals surface area contributed by atoms with Gasteiger partial charge in [0.2, 0.25) is 0 Å². The summed E-state index contributed by atoms with van der Waals surface area (Å²) in [4.78, 5) is 28.7. The summed E-state index contributed by atoms with van der Waals surface area (Å²) >= 11 is 0. The van der Waals surface area contributed by atoms with Gasteiger partial charge in [-0.15, -0.1) is 0 Å². The number of carbonyl (C=O) groups is 1. The van der Waals surface area contributed by atoms with Crippen molar-refractivity contribution >= 4 is 22.8 Å². The summed E-state index contributed by atoms with van der Waals surface area (Å²) < 4.78 is 10.6. The molecule has 0 spiro atoms. The molecule has 1 atom stereocenters. The molecule has 4 rings (SSSR count). The molecule has 0 radical (unpaired) electrons. The highest BCUT2D eigenvalue weighted by atomic mass is 16.6. The number of rotatable bonds is 6. The molecule has 174 valence electrons. The first kappa shape index (κ1) is 22.7. The Morgan fingerprint density at radius 1 is 1.12 bits per heavy atom. The zero-order valence-corrected chi connectivity index (χ0v) is 19.5. The van der Waals surface area contributed by atoms with Crippen molar-refractivity contribution in [2.45, 2.75) is 45.7 Å². The van der Waals surface area contributed by atoms with Gasteiger partial charge in [-0.3, -0.25) is 4.90 Å². The van der Waals surface area contributed by atoms with Gasteiger partial charge in [-0.25, -0.2) is 14.8 Å². The fraction of sp³-hybridized carbons (Fsp3) is 0.625. The molecule has 8 heteroatoms. The first-order valence-electron chi connectivity index (χ1n) is 11.8. The molecule has 1 amide bonds. The molecule has 8 nitrogen and oxygen atoms in total. The standard InChI is InChI=1S/C24H35N5O3/c1-4-32-24(30)28-14-12-27(13-15-28)23-20-10-7-8-18(2)22(20)25-21(26-23)16-29-11-6-5-9-19(29)17-31-3/h7-8,10,19H,4-6,9,11-17H2,1-3H3/t19-/m0/s1. The van der Waals surface area contributed by atoms with Crippen molar-refractivity contribution in [3.8, 4) is 0 Å². The Balaban J connectivity index is 1.59. The maximum Gasteiger partial charge on any atom is 0.409 e. The average Bonchev–Trinajstić information content (AvgIpc) is 2.81. The SMILES string of the molecule is CCOC(=O)N1CCN(c2nc(CN3CCCC[C@H]3COC)nc3c(C)cccc23)CC1. The predicted molar refractivity (Wildman–Crippen MR) is 125 cm³/mol. The van der Waals surface area contributed by atoms with Crippen LogP contribution in [0.5, 0.6) is 0 Å². The monoisotopic (exact) mass is 441 g/mol. The van der Waals surface area contributed by atoms with Crippen LogP contribution >= 0.6 is 0 Å². The Kier molecular flexibility index (Phi) is 7.42. The van der Waals surface area contributed by atoms with Crippen LogP contribution in [0.3, 0.4) is 0 Å². The van der Waals surface area contributed by atoms with Crippen LogP contribution in [0.1, 0.15) is 37.6 Å². The maximum atomic E-state index is 12.1. The summed E-state index contributed by atoms with van der Waals surface area (Å²) in [6.45, 7) is 9.60. The Bertz CT molecular complexity index is 927. The number of piperazine rings is 1. The molecule has 2 aromatic rings. The van der Waals surface area contributed by atoms with Gasteiger partial charge in [0.15, 0.2) is 0 Å². The molecule has 1 aromatic heterocycles. The number of methoxy groups -OCH3 is 1.